The van der Waals surface area contributed by atoms with Crippen LogP contribution in [0.1, 0.15) is 292 Å². The molecule has 718 valence electrons. The molecule has 18 nitrogen and oxygen atoms in total. The molecule has 7 fully saturated rings. The Morgan fingerprint density at radius 2 is 0.748 bits per heavy atom. The molecule has 3 saturated carbocycles. The zero-order chi connectivity index (χ0) is 91.4. The van der Waals surface area contributed by atoms with Gasteiger partial charge in [0.25, 0.3) is 0 Å². The minimum absolute atomic E-state index is 0.113. The van der Waals surface area contributed by atoms with Crippen molar-refractivity contribution in [3.63, 3.8) is 0 Å². The molecule has 4 aliphatic heterocycles. The molecule has 7 heterocycles. The van der Waals surface area contributed by atoms with E-state index in [0.717, 1.165) is 221 Å². The minimum Gasteiger partial charge on any atom is -0.330 e. The number of nitrogens with two attached hydrogens (primary N) is 3. The molecule has 1 unspecified atom stereocenters. The standard InChI is InChI=1S/C37H53F2N5O.2C35H51F2N5O/c38-37(39)18-15-28(16-19-37)35(45)24-30(27-8-2-1-3-9-27)17-23-44-31-13-14-33(44)32(42-25-31)26-43(22-5-4-20-40)34-12-6-10-29-11-7-21-41-36(29)34;2*36-35(37)16-13-28(14-17-35)33(43)24-30(27-8-2-1-3-9-27)15-22-41-23-20-39-31(25-41)26-42(21-5-4-18-38)32-12-6-10-29-11-7-19-40-34(29)32/h1-3,7-9,11,21,28,30-34,42H,4-6,10,12-20,22-26,40H2;2*1-3,7-9,11,19,28,30-32,39H,4-6,10,12-18,20-26,38H2/t30-,31+,32+,33-,34?;30-,31+,32-;30-,31-,32-/m100/s1. The van der Waals surface area contributed by atoms with Gasteiger partial charge in [-0.25, -0.2) is 26.3 Å². The molecule has 3 aromatic carbocycles. The largest absolute Gasteiger partial charge is 0.330 e. The Labute approximate surface area is 778 Å². The second kappa shape index (κ2) is 50.3. The van der Waals surface area contributed by atoms with Crippen LogP contribution in [0.25, 0.3) is 0 Å². The van der Waals surface area contributed by atoms with Crippen LogP contribution in [0.4, 0.5) is 26.3 Å². The predicted octanol–water partition coefficient (Wildman–Crippen LogP) is 17.7. The summed E-state index contributed by atoms with van der Waals surface area (Å²) < 4.78 is 82.5. The first-order chi connectivity index (χ1) is 63.7. The summed E-state index contributed by atoms with van der Waals surface area (Å²) in [6, 6.07) is 47.1. The SMILES string of the molecule is NCCCCN(C[C@@H]1CN(CC[C@@H](CC(=O)C2CCC(F)(F)CC2)c2ccccc2)CCN1)[C@H]1CCCc2cccnc21.NCCCCN(C[C@@H]1NC[C@@H]2CC[C@H]1N2CC[C@H](CC(=O)C1CCC(F)(F)CC1)c1ccccc1)C1CCCc2cccnc21.NCCCCN(C[C@H]1CN(CC[C@@H](CC(=O)C2CCC(F)(F)CC2)c2ccccc2)CCN1)[C@H]1CCCc2cccnc21. The number of benzene rings is 3. The number of ketones is 3. The lowest BCUT2D eigenvalue weighted by Gasteiger charge is -2.45. The van der Waals surface area contributed by atoms with Crippen LogP contribution in [0.3, 0.4) is 0 Å². The lowest BCUT2D eigenvalue weighted by atomic mass is 9.79. The number of hydrogen-bond acceptors (Lipinski definition) is 18. The first-order valence-electron chi connectivity index (χ1n) is 51.2. The van der Waals surface area contributed by atoms with Crippen LogP contribution in [0, 0.1) is 17.8 Å². The molecular formula is C107H155F6N15O3. The lowest BCUT2D eigenvalue weighted by Crippen LogP contribution is -2.61. The van der Waals surface area contributed by atoms with Crippen molar-refractivity contribution in [2.45, 2.75) is 309 Å². The molecule has 16 rings (SSSR count). The van der Waals surface area contributed by atoms with Gasteiger partial charge in [-0.2, -0.15) is 0 Å². The van der Waals surface area contributed by atoms with Crippen LogP contribution < -0.4 is 33.2 Å². The molecular weight excluding hydrogens is 1660 g/mol. The molecule has 131 heavy (non-hydrogen) atoms. The van der Waals surface area contributed by atoms with E-state index in [1.807, 2.05) is 61.1 Å². The van der Waals surface area contributed by atoms with Gasteiger partial charge in [0, 0.05) is 190 Å². The zero-order valence-corrected chi connectivity index (χ0v) is 78.4. The molecule has 24 heteroatoms. The quantitative estimate of drug-likeness (QED) is 0.0155. The van der Waals surface area contributed by atoms with Gasteiger partial charge in [0.1, 0.15) is 17.3 Å². The number of alkyl halides is 6. The smallest absolute Gasteiger partial charge is 0.248 e. The average molecular weight is 1810 g/mol. The van der Waals surface area contributed by atoms with E-state index in [4.69, 9.17) is 32.2 Å². The van der Waals surface area contributed by atoms with Crippen LogP contribution >= 0.6 is 0 Å². The Kier molecular flexibility index (Phi) is 38.5. The van der Waals surface area contributed by atoms with E-state index in [1.165, 1.54) is 82.6 Å². The Balaban J connectivity index is 0.000000158. The van der Waals surface area contributed by atoms with Crippen LogP contribution in [0.15, 0.2) is 146 Å². The maximum absolute atomic E-state index is 13.8. The van der Waals surface area contributed by atoms with E-state index in [1.54, 1.807) is 0 Å². The number of nitrogens with one attached hydrogen (secondary N) is 3. The maximum Gasteiger partial charge on any atom is 0.248 e. The number of halogens is 6. The monoisotopic (exact) mass is 1810 g/mol. The van der Waals surface area contributed by atoms with Gasteiger partial charge in [0.05, 0.1) is 35.2 Å². The molecule has 10 aliphatic rings. The molecule has 0 spiro atoms. The summed E-state index contributed by atoms with van der Waals surface area (Å²) in [5, 5.41) is 11.5. The first kappa shape index (κ1) is 100. The summed E-state index contributed by atoms with van der Waals surface area (Å²) in [6.07, 6.45) is 30.0. The molecule has 9 N–H and O–H groups in total. The van der Waals surface area contributed by atoms with Crippen molar-refractivity contribution in [2.24, 2.45) is 35.0 Å². The van der Waals surface area contributed by atoms with Crippen molar-refractivity contribution in [3.8, 4) is 0 Å². The highest BCUT2D eigenvalue weighted by Crippen LogP contribution is 2.45. The molecule has 4 saturated heterocycles. The van der Waals surface area contributed by atoms with Gasteiger partial charge in [-0.15, -0.1) is 0 Å². The number of Topliss-reactive ketones (excluding diaryl/α,β-unsaturated/α-hetero) is 3. The second-order valence-electron chi connectivity index (χ2n) is 40.4. The number of carbonyl (C=O) groups is 3. The Morgan fingerprint density at radius 1 is 0.405 bits per heavy atom. The number of pyridine rings is 3. The van der Waals surface area contributed by atoms with Gasteiger partial charge in [-0.3, -0.25) is 48.9 Å². The fourth-order valence-corrected chi connectivity index (χ4v) is 23.8. The van der Waals surface area contributed by atoms with E-state index >= 15 is 0 Å². The van der Waals surface area contributed by atoms with Crippen molar-refractivity contribution in [3.05, 3.63) is 196 Å². The molecule has 6 aromatic rings. The molecule has 2 bridgehead atoms. The minimum atomic E-state index is -2.61. The van der Waals surface area contributed by atoms with Gasteiger partial charge in [-0.1, -0.05) is 109 Å². The fourth-order valence-electron chi connectivity index (χ4n) is 23.8. The maximum atomic E-state index is 13.8. The van der Waals surface area contributed by atoms with Gasteiger partial charge in [0.2, 0.25) is 17.8 Å². The number of unbranched alkanes of at least 4 members (excludes halogenated alkanes) is 3. The lowest BCUT2D eigenvalue weighted by molar-refractivity contribution is -0.128. The third kappa shape index (κ3) is 29.4. The first-order valence-corrected chi connectivity index (χ1v) is 51.2. The fraction of sp³-hybridized carbons (Fsp3) is 0.664. The van der Waals surface area contributed by atoms with E-state index < -0.39 is 17.8 Å². The van der Waals surface area contributed by atoms with Gasteiger partial charge < -0.3 is 43.0 Å². The third-order valence-electron chi connectivity index (χ3n) is 31.3. The molecule has 0 radical (unpaired) electrons. The third-order valence-corrected chi connectivity index (χ3v) is 31.3. The van der Waals surface area contributed by atoms with Crippen molar-refractivity contribution in [1.82, 2.24) is 60.3 Å². The Hall–Kier alpha value is -6.78. The van der Waals surface area contributed by atoms with Crippen LogP contribution in [-0.2, 0) is 33.6 Å². The van der Waals surface area contributed by atoms with E-state index in [-0.39, 0.29) is 91.4 Å². The predicted molar refractivity (Wildman–Crippen MR) is 512 cm³/mol. The molecule has 3 aromatic heterocycles. The number of piperazine rings is 3. The highest BCUT2D eigenvalue weighted by molar-refractivity contribution is 5.83. The number of rotatable bonds is 42. The number of hydrogen-bond donors (Lipinski definition) is 6. The van der Waals surface area contributed by atoms with Crippen molar-refractivity contribution in [2.75, 3.05) is 124 Å². The normalized spacial score (nSPS) is 24.9. The number of carbonyl (C=O) groups excluding carboxylic acids is 3. The van der Waals surface area contributed by atoms with Crippen LogP contribution in [-0.4, -0.2) is 234 Å². The van der Waals surface area contributed by atoms with E-state index in [2.05, 4.69) is 130 Å². The summed E-state index contributed by atoms with van der Waals surface area (Å²) in [6.45, 7) is 17.9. The van der Waals surface area contributed by atoms with Gasteiger partial charge >= 0.3 is 0 Å². The topological polar surface area (TPSA) is 223 Å². The van der Waals surface area contributed by atoms with E-state index in [0.29, 0.717) is 106 Å². The average Bonchev–Trinajstić information content (AvgIpc) is 1.60. The summed E-state index contributed by atoms with van der Waals surface area (Å²) in [4.78, 5) is 70.4. The highest BCUT2D eigenvalue weighted by Gasteiger charge is 2.46. The molecule has 0 amide bonds. The second-order valence-corrected chi connectivity index (χ2v) is 40.4. The number of aryl methyl sites for hydroxylation is 3. The van der Waals surface area contributed by atoms with Gasteiger partial charge in [0.15, 0.2) is 0 Å². The summed E-state index contributed by atoms with van der Waals surface area (Å²) in [5.41, 5.74) is 29.1. The number of aromatic nitrogens is 3. The zero-order valence-electron chi connectivity index (χ0n) is 78.4. The van der Waals surface area contributed by atoms with Crippen molar-refractivity contribution in [1.29, 1.82) is 0 Å². The number of fused-ring (bicyclic) bond motifs is 5. The highest BCUT2D eigenvalue weighted by atomic mass is 19.3. The van der Waals surface area contributed by atoms with Crippen LogP contribution in [0.2, 0.25) is 0 Å². The van der Waals surface area contributed by atoms with Crippen molar-refractivity contribution >= 4 is 17.3 Å². The van der Waals surface area contributed by atoms with E-state index in [9.17, 15) is 40.7 Å². The summed E-state index contributed by atoms with van der Waals surface area (Å²) in [7, 11) is 0. The Morgan fingerprint density at radius 3 is 1.10 bits per heavy atom. The Bertz CT molecular complexity index is 4200. The van der Waals surface area contributed by atoms with Crippen molar-refractivity contribution < 1.29 is 40.7 Å². The number of nitrogens with zero attached hydrogens (tertiary/aromatic N) is 9. The molecule has 11 atom stereocenters. The summed E-state index contributed by atoms with van der Waals surface area (Å²) in [5.74, 6) is -7.64. The molecule has 6 aliphatic carbocycles. The van der Waals surface area contributed by atoms with Gasteiger partial charge in [-0.05, 0) is 295 Å². The summed E-state index contributed by atoms with van der Waals surface area (Å²) >= 11 is 0. The van der Waals surface area contributed by atoms with Crippen LogP contribution in [0.5, 0.6) is 0 Å².